The third kappa shape index (κ3) is 5.83. The standard InChI is InChI=1S/C21H35N5O2/c1-4-22-21(23-13-18-15-25-9-11-26(18)12-10-25)24-14-20(27)17-5-7-19(8-6-17)28-16(2)3/h5-8,16,18,20,27H,4,9-15H2,1-3H3,(H2,22,23,24). The summed E-state index contributed by atoms with van der Waals surface area (Å²) in [5.41, 5.74) is 0.846. The van der Waals surface area contributed by atoms with Gasteiger partial charge in [-0.2, -0.15) is 0 Å². The van der Waals surface area contributed by atoms with Crippen molar-refractivity contribution in [2.75, 3.05) is 52.4 Å². The van der Waals surface area contributed by atoms with Crippen LogP contribution in [0.5, 0.6) is 5.75 Å². The minimum absolute atomic E-state index is 0.140. The predicted octanol–water partition coefficient (Wildman–Crippen LogP) is 1.06. The number of nitrogens with one attached hydrogen (secondary N) is 2. The van der Waals surface area contributed by atoms with Crippen molar-refractivity contribution in [2.24, 2.45) is 4.99 Å². The average Bonchev–Trinajstić information content (AvgIpc) is 2.71. The van der Waals surface area contributed by atoms with E-state index < -0.39 is 6.10 Å². The molecule has 3 N–H and O–H groups in total. The van der Waals surface area contributed by atoms with Gasteiger partial charge in [-0.25, -0.2) is 0 Å². The highest BCUT2D eigenvalue weighted by molar-refractivity contribution is 5.79. The van der Waals surface area contributed by atoms with E-state index in [1.165, 1.54) is 13.1 Å². The fourth-order valence-electron chi connectivity index (χ4n) is 3.80. The van der Waals surface area contributed by atoms with E-state index in [1.54, 1.807) is 0 Å². The second kappa shape index (κ2) is 10.1. The highest BCUT2D eigenvalue weighted by Crippen LogP contribution is 2.19. The Bertz CT molecular complexity index is 626. The van der Waals surface area contributed by atoms with E-state index in [4.69, 9.17) is 4.74 Å². The van der Waals surface area contributed by atoms with Gasteiger partial charge in [0.25, 0.3) is 0 Å². The van der Waals surface area contributed by atoms with Crippen LogP contribution < -0.4 is 15.4 Å². The van der Waals surface area contributed by atoms with Crippen LogP contribution in [0.4, 0.5) is 0 Å². The molecule has 2 unspecified atom stereocenters. The Kier molecular flexibility index (Phi) is 7.53. The second-order valence-corrected chi connectivity index (χ2v) is 7.84. The number of nitrogens with zero attached hydrogens (tertiary/aromatic N) is 3. The third-order valence-corrected chi connectivity index (χ3v) is 5.30. The topological polar surface area (TPSA) is 72.4 Å². The van der Waals surface area contributed by atoms with Gasteiger partial charge in [-0.1, -0.05) is 12.1 Å². The van der Waals surface area contributed by atoms with Crippen LogP contribution >= 0.6 is 0 Å². The maximum Gasteiger partial charge on any atom is 0.191 e. The van der Waals surface area contributed by atoms with Crippen LogP contribution in [0, 0.1) is 0 Å². The molecule has 0 saturated carbocycles. The number of rotatable bonds is 8. The molecule has 1 aromatic rings. The summed E-state index contributed by atoms with van der Waals surface area (Å²) in [4.78, 5) is 9.68. The molecular formula is C21H35N5O2. The number of aliphatic imine (C=N–C) groups is 1. The lowest BCUT2D eigenvalue weighted by Gasteiger charge is -2.47. The first-order valence-electron chi connectivity index (χ1n) is 10.5. The number of fused-ring (bicyclic) bond motifs is 3. The van der Waals surface area contributed by atoms with E-state index in [1.807, 2.05) is 38.1 Å². The Morgan fingerprint density at radius 1 is 1.18 bits per heavy atom. The Hall–Kier alpha value is -1.83. The summed E-state index contributed by atoms with van der Waals surface area (Å²) < 4.78 is 5.65. The number of benzene rings is 1. The van der Waals surface area contributed by atoms with Crippen LogP contribution in [0.1, 0.15) is 32.4 Å². The number of piperazine rings is 3. The highest BCUT2D eigenvalue weighted by atomic mass is 16.5. The van der Waals surface area contributed by atoms with E-state index in [9.17, 15) is 5.11 Å². The molecular weight excluding hydrogens is 354 g/mol. The smallest absolute Gasteiger partial charge is 0.191 e. The first kappa shape index (κ1) is 20.9. The summed E-state index contributed by atoms with van der Waals surface area (Å²) in [6.07, 6.45) is -0.495. The van der Waals surface area contributed by atoms with Gasteiger partial charge in [-0.15, -0.1) is 0 Å². The molecule has 0 amide bonds. The van der Waals surface area contributed by atoms with Crippen LogP contribution in [-0.4, -0.2) is 85.4 Å². The molecule has 4 rings (SSSR count). The summed E-state index contributed by atoms with van der Waals surface area (Å²) in [6, 6.07) is 8.13. The monoisotopic (exact) mass is 389 g/mol. The van der Waals surface area contributed by atoms with Gasteiger partial charge >= 0.3 is 0 Å². The number of aliphatic hydroxyl groups is 1. The third-order valence-electron chi connectivity index (χ3n) is 5.30. The number of hydrogen-bond donors (Lipinski definition) is 3. The molecule has 3 heterocycles. The van der Waals surface area contributed by atoms with Crippen molar-refractivity contribution in [2.45, 2.75) is 39.0 Å². The van der Waals surface area contributed by atoms with E-state index in [0.717, 1.165) is 50.0 Å². The molecule has 3 fully saturated rings. The van der Waals surface area contributed by atoms with Gasteiger partial charge in [0.2, 0.25) is 0 Å². The molecule has 28 heavy (non-hydrogen) atoms. The molecule has 0 radical (unpaired) electrons. The Balaban J connectivity index is 1.51. The van der Waals surface area contributed by atoms with Crippen molar-refractivity contribution in [3.63, 3.8) is 0 Å². The lowest BCUT2D eigenvalue weighted by Crippen LogP contribution is -2.63. The van der Waals surface area contributed by atoms with E-state index in [-0.39, 0.29) is 6.10 Å². The van der Waals surface area contributed by atoms with Gasteiger partial charge in [0.1, 0.15) is 5.75 Å². The van der Waals surface area contributed by atoms with Gasteiger partial charge in [0.05, 0.1) is 18.8 Å². The number of ether oxygens (including phenoxy) is 1. The van der Waals surface area contributed by atoms with E-state index >= 15 is 0 Å². The maximum absolute atomic E-state index is 10.5. The van der Waals surface area contributed by atoms with Gasteiger partial charge < -0.3 is 20.5 Å². The zero-order valence-corrected chi connectivity index (χ0v) is 17.4. The molecule has 156 valence electrons. The van der Waals surface area contributed by atoms with Gasteiger partial charge in [0, 0.05) is 51.9 Å². The van der Waals surface area contributed by atoms with Gasteiger partial charge in [-0.3, -0.25) is 14.8 Å². The number of aliphatic hydroxyl groups excluding tert-OH is 1. The SMILES string of the molecule is CCNC(=NCC(O)c1ccc(OC(C)C)cc1)NCC1CN2CCN1CC2. The molecule has 7 heteroatoms. The van der Waals surface area contributed by atoms with Crippen LogP contribution in [-0.2, 0) is 0 Å². The largest absolute Gasteiger partial charge is 0.491 e. The molecule has 2 atom stereocenters. The number of guanidine groups is 1. The van der Waals surface area contributed by atoms with Crippen molar-refractivity contribution in [3.05, 3.63) is 29.8 Å². The molecule has 0 spiro atoms. The molecule has 3 aliphatic heterocycles. The van der Waals surface area contributed by atoms with Crippen molar-refractivity contribution in [1.82, 2.24) is 20.4 Å². The number of hydrogen-bond acceptors (Lipinski definition) is 5. The Morgan fingerprint density at radius 2 is 1.89 bits per heavy atom. The molecule has 3 saturated heterocycles. The minimum Gasteiger partial charge on any atom is -0.491 e. The summed E-state index contributed by atoms with van der Waals surface area (Å²) in [5.74, 6) is 1.58. The van der Waals surface area contributed by atoms with Crippen molar-refractivity contribution >= 4 is 5.96 Å². The molecule has 1 aromatic carbocycles. The van der Waals surface area contributed by atoms with E-state index in [0.29, 0.717) is 12.6 Å². The van der Waals surface area contributed by atoms with Crippen LogP contribution in [0.25, 0.3) is 0 Å². The summed E-state index contributed by atoms with van der Waals surface area (Å²) in [7, 11) is 0. The first-order chi connectivity index (χ1) is 13.5. The highest BCUT2D eigenvalue weighted by Gasteiger charge is 2.31. The summed E-state index contributed by atoms with van der Waals surface area (Å²) in [5, 5.41) is 17.2. The fourth-order valence-corrected chi connectivity index (χ4v) is 3.80. The predicted molar refractivity (Wildman–Crippen MR) is 113 cm³/mol. The Labute approximate surface area is 168 Å². The van der Waals surface area contributed by atoms with Crippen LogP contribution in [0.3, 0.4) is 0 Å². The maximum atomic E-state index is 10.5. The lowest BCUT2D eigenvalue weighted by atomic mass is 10.1. The first-order valence-corrected chi connectivity index (χ1v) is 10.5. The average molecular weight is 390 g/mol. The van der Waals surface area contributed by atoms with Crippen LogP contribution in [0.2, 0.25) is 0 Å². The molecule has 0 aliphatic carbocycles. The lowest BCUT2D eigenvalue weighted by molar-refractivity contribution is 0.0154. The van der Waals surface area contributed by atoms with Crippen molar-refractivity contribution < 1.29 is 9.84 Å². The van der Waals surface area contributed by atoms with Gasteiger partial charge in [-0.05, 0) is 38.5 Å². The quantitative estimate of drug-likeness (QED) is 0.456. The summed E-state index contributed by atoms with van der Waals surface area (Å²) in [6.45, 7) is 13.9. The van der Waals surface area contributed by atoms with Gasteiger partial charge in [0.15, 0.2) is 5.96 Å². The minimum atomic E-state index is -0.635. The Morgan fingerprint density at radius 3 is 2.46 bits per heavy atom. The van der Waals surface area contributed by atoms with Crippen molar-refractivity contribution in [3.8, 4) is 5.75 Å². The van der Waals surface area contributed by atoms with Crippen molar-refractivity contribution in [1.29, 1.82) is 0 Å². The molecule has 7 nitrogen and oxygen atoms in total. The molecule has 0 aromatic heterocycles. The van der Waals surface area contributed by atoms with E-state index in [2.05, 4.69) is 32.3 Å². The molecule has 2 bridgehead atoms. The van der Waals surface area contributed by atoms with Crippen LogP contribution in [0.15, 0.2) is 29.3 Å². The molecule has 3 aliphatic rings. The zero-order valence-electron chi connectivity index (χ0n) is 17.4. The second-order valence-electron chi connectivity index (χ2n) is 7.84. The normalized spacial score (nSPS) is 25.6. The summed E-state index contributed by atoms with van der Waals surface area (Å²) >= 11 is 0. The fraction of sp³-hybridized carbons (Fsp3) is 0.667. The zero-order chi connectivity index (χ0) is 19.9.